The minimum atomic E-state index is -1.72. The van der Waals surface area contributed by atoms with Crippen molar-refractivity contribution < 1.29 is 28.6 Å². The standard InChI is InChI=1S/C22H32ClN3O6/c1-20(2,3)16(25-19(29)32-21(4,5)6)17(27)26-12-8-11-22(26,18(28)30-7)31-15-10-9-14(23)13-24-15/h9-10,13,16H,8,11-12H2,1-7H3,(H,25,29)/t16-,22?/m1/s1. The van der Waals surface area contributed by atoms with Crippen molar-refractivity contribution in [1.29, 1.82) is 0 Å². The van der Waals surface area contributed by atoms with Crippen molar-refractivity contribution in [2.45, 2.75) is 71.8 Å². The summed E-state index contributed by atoms with van der Waals surface area (Å²) >= 11 is 5.89. The van der Waals surface area contributed by atoms with Crippen molar-refractivity contribution in [2.75, 3.05) is 13.7 Å². The number of carbonyl (C=O) groups is 3. The van der Waals surface area contributed by atoms with Gasteiger partial charge in [0.2, 0.25) is 11.8 Å². The molecule has 178 valence electrons. The number of pyridine rings is 1. The summed E-state index contributed by atoms with van der Waals surface area (Å²) in [5.41, 5.74) is -3.13. The Morgan fingerprint density at radius 3 is 2.34 bits per heavy atom. The molecule has 0 radical (unpaired) electrons. The van der Waals surface area contributed by atoms with E-state index in [1.165, 1.54) is 24.3 Å². The van der Waals surface area contributed by atoms with E-state index >= 15 is 0 Å². The fraction of sp³-hybridized carbons (Fsp3) is 0.636. The van der Waals surface area contributed by atoms with Gasteiger partial charge in [-0.15, -0.1) is 0 Å². The highest BCUT2D eigenvalue weighted by Gasteiger charge is 2.56. The first-order valence-corrected chi connectivity index (χ1v) is 10.8. The molecular weight excluding hydrogens is 438 g/mol. The molecule has 1 saturated heterocycles. The van der Waals surface area contributed by atoms with Crippen molar-refractivity contribution in [3.05, 3.63) is 23.4 Å². The molecule has 1 aliphatic heterocycles. The number of rotatable bonds is 5. The van der Waals surface area contributed by atoms with Crippen molar-refractivity contribution in [1.82, 2.24) is 15.2 Å². The molecule has 1 unspecified atom stereocenters. The van der Waals surface area contributed by atoms with Crippen LogP contribution >= 0.6 is 11.6 Å². The van der Waals surface area contributed by atoms with Crippen LogP contribution in [0.15, 0.2) is 18.3 Å². The summed E-state index contributed by atoms with van der Waals surface area (Å²) in [6.45, 7) is 10.9. The zero-order valence-corrected chi connectivity index (χ0v) is 20.4. The predicted molar refractivity (Wildman–Crippen MR) is 118 cm³/mol. The van der Waals surface area contributed by atoms with Crippen LogP contribution in [0.2, 0.25) is 5.02 Å². The van der Waals surface area contributed by atoms with Crippen LogP contribution in [0.25, 0.3) is 0 Å². The summed E-state index contributed by atoms with van der Waals surface area (Å²) < 4.78 is 16.3. The molecule has 1 aliphatic rings. The predicted octanol–water partition coefficient (Wildman–Crippen LogP) is 3.54. The second kappa shape index (κ2) is 9.52. The molecule has 2 rings (SSSR count). The molecule has 0 spiro atoms. The number of alkyl carbamates (subject to hydrolysis) is 1. The molecule has 2 atom stereocenters. The van der Waals surface area contributed by atoms with Crippen LogP contribution in [0, 0.1) is 5.41 Å². The van der Waals surface area contributed by atoms with Gasteiger partial charge < -0.3 is 19.5 Å². The Labute approximate surface area is 193 Å². The zero-order chi connectivity index (χ0) is 24.3. The van der Waals surface area contributed by atoms with E-state index in [1.807, 2.05) is 20.8 Å². The summed E-state index contributed by atoms with van der Waals surface area (Å²) in [7, 11) is 1.23. The molecule has 1 aromatic heterocycles. The lowest BCUT2D eigenvalue weighted by atomic mass is 9.85. The number of hydrogen-bond acceptors (Lipinski definition) is 7. The smallest absolute Gasteiger partial charge is 0.408 e. The maximum atomic E-state index is 13.7. The number of nitrogens with one attached hydrogen (secondary N) is 1. The Hall–Kier alpha value is -2.55. The van der Waals surface area contributed by atoms with Crippen LogP contribution in [0.5, 0.6) is 5.88 Å². The molecule has 1 aromatic rings. The maximum Gasteiger partial charge on any atom is 0.408 e. The highest BCUT2D eigenvalue weighted by Crippen LogP contribution is 2.35. The topological polar surface area (TPSA) is 107 Å². The van der Waals surface area contributed by atoms with Crippen molar-refractivity contribution in [2.24, 2.45) is 5.41 Å². The Morgan fingerprint density at radius 1 is 1.19 bits per heavy atom. The molecule has 0 bridgehead atoms. The number of ether oxygens (including phenoxy) is 3. The average Bonchev–Trinajstić information content (AvgIpc) is 3.09. The Kier molecular flexibility index (Phi) is 7.65. The number of methoxy groups -OCH3 is 1. The molecule has 0 saturated carbocycles. The van der Waals surface area contributed by atoms with Crippen LogP contribution in [0.4, 0.5) is 4.79 Å². The minimum Gasteiger partial charge on any atom is -0.465 e. The third-order valence-corrected chi connectivity index (χ3v) is 5.08. The first-order valence-electron chi connectivity index (χ1n) is 10.4. The lowest BCUT2D eigenvalue weighted by Gasteiger charge is -2.40. The van der Waals surface area contributed by atoms with Crippen molar-refractivity contribution in [3.63, 3.8) is 0 Å². The van der Waals surface area contributed by atoms with E-state index in [1.54, 1.807) is 26.8 Å². The summed E-state index contributed by atoms with van der Waals surface area (Å²) in [4.78, 5) is 44.5. The van der Waals surface area contributed by atoms with Gasteiger partial charge in [0, 0.05) is 25.2 Å². The number of carbonyl (C=O) groups excluding carboxylic acids is 3. The number of halogens is 1. The molecular formula is C22H32ClN3O6. The SMILES string of the molecule is COC(=O)C1(Oc2ccc(Cl)cn2)CCCN1C(=O)[C@@H](NC(=O)OC(C)(C)C)C(C)(C)C. The first-order chi connectivity index (χ1) is 14.7. The number of hydrogen-bond donors (Lipinski definition) is 1. The molecule has 10 heteroatoms. The van der Waals surface area contributed by atoms with E-state index in [9.17, 15) is 14.4 Å². The fourth-order valence-corrected chi connectivity index (χ4v) is 3.54. The third-order valence-electron chi connectivity index (χ3n) is 4.85. The van der Waals surface area contributed by atoms with Crippen LogP contribution in [-0.4, -0.2) is 58.9 Å². The summed E-state index contributed by atoms with van der Waals surface area (Å²) in [6, 6.07) is 2.09. The zero-order valence-electron chi connectivity index (χ0n) is 19.7. The largest absolute Gasteiger partial charge is 0.465 e. The van der Waals surface area contributed by atoms with Gasteiger partial charge in [-0.2, -0.15) is 0 Å². The van der Waals surface area contributed by atoms with Gasteiger partial charge in [-0.25, -0.2) is 14.6 Å². The Morgan fingerprint density at radius 2 is 1.84 bits per heavy atom. The van der Waals surface area contributed by atoms with Crippen LogP contribution in [0.3, 0.4) is 0 Å². The molecule has 0 aromatic carbocycles. The van der Waals surface area contributed by atoms with Gasteiger partial charge in [0.15, 0.2) is 0 Å². The quantitative estimate of drug-likeness (QED) is 0.657. The summed E-state index contributed by atoms with van der Waals surface area (Å²) in [5, 5.41) is 3.06. The van der Waals surface area contributed by atoms with Gasteiger partial charge in [0.1, 0.15) is 11.6 Å². The van der Waals surface area contributed by atoms with Gasteiger partial charge >= 0.3 is 12.1 Å². The van der Waals surface area contributed by atoms with E-state index in [0.717, 1.165) is 0 Å². The third kappa shape index (κ3) is 6.03. The number of aromatic nitrogens is 1. The Balaban J connectivity index is 2.40. The number of nitrogens with zero attached hydrogens (tertiary/aromatic N) is 2. The molecule has 1 N–H and O–H groups in total. The molecule has 1 fully saturated rings. The summed E-state index contributed by atoms with van der Waals surface area (Å²) in [5.74, 6) is -1.10. The fourth-order valence-electron chi connectivity index (χ4n) is 3.43. The van der Waals surface area contributed by atoms with Crippen LogP contribution in [-0.2, 0) is 19.1 Å². The van der Waals surface area contributed by atoms with Gasteiger partial charge in [-0.1, -0.05) is 32.4 Å². The second-order valence-corrected chi connectivity index (χ2v) is 10.2. The average molecular weight is 470 g/mol. The number of esters is 1. The Bertz CT molecular complexity index is 847. The molecule has 2 heterocycles. The van der Waals surface area contributed by atoms with Crippen molar-refractivity contribution in [3.8, 4) is 5.88 Å². The van der Waals surface area contributed by atoms with E-state index in [4.69, 9.17) is 25.8 Å². The highest BCUT2D eigenvalue weighted by molar-refractivity contribution is 6.30. The molecule has 32 heavy (non-hydrogen) atoms. The van der Waals surface area contributed by atoms with Crippen molar-refractivity contribution >= 4 is 29.6 Å². The maximum absolute atomic E-state index is 13.7. The van der Waals surface area contributed by atoms with E-state index in [0.29, 0.717) is 11.4 Å². The molecule has 9 nitrogen and oxygen atoms in total. The van der Waals surface area contributed by atoms with E-state index in [2.05, 4.69) is 10.3 Å². The van der Waals surface area contributed by atoms with Gasteiger partial charge in [-0.05, 0) is 38.7 Å². The number of amides is 2. The normalized spacial score (nSPS) is 19.8. The minimum absolute atomic E-state index is 0.118. The number of likely N-dealkylation sites (tertiary alicyclic amines) is 1. The van der Waals surface area contributed by atoms with Crippen LogP contribution < -0.4 is 10.1 Å². The molecule has 2 amide bonds. The van der Waals surface area contributed by atoms with Gasteiger partial charge in [0.25, 0.3) is 5.72 Å². The lowest BCUT2D eigenvalue weighted by Crippen LogP contribution is -2.64. The van der Waals surface area contributed by atoms with Crippen LogP contribution in [0.1, 0.15) is 54.4 Å². The van der Waals surface area contributed by atoms with E-state index in [-0.39, 0.29) is 18.8 Å². The second-order valence-electron chi connectivity index (χ2n) is 9.73. The monoisotopic (exact) mass is 469 g/mol. The summed E-state index contributed by atoms with van der Waals surface area (Å²) in [6.07, 6.45) is 1.36. The molecule has 0 aliphatic carbocycles. The first kappa shape index (κ1) is 25.7. The van der Waals surface area contributed by atoms with Gasteiger partial charge in [-0.3, -0.25) is 9.69 Å². The highest BCUT2D eigenvalue weighted by atomic mass is 35.5. The lowest BCUT2D eigenvalue weighted by molar-refractivity contribution is -0.182. The van der Waals surface area contributed by atoms with E-state index < -0.39 is 40.8 Å². The van der Waals surface area contributed by atoms with Gasteiger partial charge in [0.05, 0.1) is 12.1 Å².